The molecule has 0 aliphatic heterocycles. The third-order valence-electron chi connectivity index (χ3n) is 13.5. The van der Waals surface area contributed by atoms with Gasteiger partial charge in [-0.05, 0) is 106 Å². The molecule has 0 unspecified atom stereocenters. The lowest BCUT2D eigenvalue weighted by molar-refractivity contribution is 1.33. The average Bonchev–Trinajstić information content (AvgIpc) is 3.35. The van der Waals surface area contributed by atoms with Gasteiger partial charge in [0.15, 0.2) is 0 Å². The topological polar surface area (TPSA) is 3.24 Å². The van der Waals surface area contributed by atoms with Gasteiger partial charge in [0.05, 0.1) is 5.69 Å². The Morgan fingerprint density at radius 2 is 0.698 bits per heavy atom. The number of fused-ring (bicyclic) bond motifs is 6. The first kappa shape index (κ1) is 38.4. The van der Waals surface area contributed by atoms with Crippen molar-refractivity contribution < 1.29 is 0 Å². The molecule has 63 heavy (non-hydrogen) atoms. The van der Waals surface area contributed by atoms with Crippen molar-refractivity contribution in [2.24, 2.45) is 0 Å². The van der Waals surface area contributed by atoms with Crippen LogP contribution in [-0.4, -0.2) is 31.4 Å². The summed E-state index contributed by atoms with van der Waals surface area (Å²) in [5.74, 6) is 0. The molecule has 0 heterocycles. The molecule has 292 valence electrons. The fourth-order valence-electron chi connectivity index (χ4n) is 10.3. The van der Waals surface area contributed by atoms with E-state index in [1.807, 2.05) is 0 Å². The lowest BCUT2D eigenvalue weighted by Crippen LogP contribution is -2.46. The monoisotopic (exact) mass is 797 g/mol. The van der Waals surface area contributed by atoms with E-state index in [2.05, 4.69) is 249 Å². The second kappa shape index (κ2) is 15.8. The number of hydrogen-bond donors (Lipinski definition) is 0. The van der Waals surface area contributed by atoms with Crippen LogP contribution in [0.5, 0.6) is 0 Å². The van der Waals surface area contributed by atoms with Crippen LogP contribution in [0.15, 0.2) is 212 Å². The summed E-state index contributed by atoms with van der Waals surface area (Å²) in [6, 6.07) is 77.9. The SMILES string of the molecule is Bc1c(B)c(N(c2ccc(-c3c(-c4ccccc4)c4ccccc4c4ccccc34)cc2)c2cc3ccccc3c3ccccc23)c(B)c(B)c1-c1cccc(-c2ccccc2)c1. The zero-order valence-corrected chi connectivity index (χ0v) is 36.2. The van der Waals surface area contributed by atoms with Gasteiger partial charge < -0.3 is 4.90 Å². The summed E-state index contributed by atoms with van der Waals surface area (Å²) in [5.41, 5.74) is 18.6. The van der Waals surface area contributed by atoms with Gasteiger partial charge in [-0.15, -0.1) is 0 Å². The van der Waals surface area contributed by atoms with Gasteiger partial charge >= 0.3 is 0 Å². The van der Waals surface area contributed by atoms with Crippen molar-refractivity contribution in [3.05, 3.63) is 212 Å². The van der Waals surface area contributed by atoms with Gasteiger partial charge in [0.1, 0.15) is 31.4 Å². The Morgan fingerprint density at radius 1 is 0.270 bits per heavy atom. The highest BCUT2D eigenvalue weighted by Crippen LogP contribution is 2.46. The average molecular weight is 797 g/mol. The molecule has 1 nitrogen and oxygen atoms in total. The standard InChI is InChI=1S/C58H43B4N/c59-54-53(41-22-15-21-39(34-41)36-16-3-1-4-17-36)55(60)57(62)58(56(54)61)63(50-35-40-20-7-8-23-43(40)44-24-9-12-27-47(44)50)42-32-30-38(31-33-42)52-49-29-14-11-26-46(49)45-25-10-13-28-48(45)51(52)37-18-5-2-6-19-37/h1-35H,59-62H2. The minimum Gasteiger partial charge on any atom is -0.311 e. The summed E-state index contributed by atoms with van der Waals surface area (Å²) in [4.78, 5) is 2.55. The molecule has 0 saturated heterocycles. The van der Waals surface area contributed by atoms with Crippen molar-refractivity contribution >= 4 is 113 Å². The van der Waals surface area contributed by atoms with E-state index in [9.17, 15) is 0 Å². The second-order valence-corrected chi connectivity index (χ2v) is 16.9. The number of anilines is 3. The summed E-state index contributed by atoms with van der Waals surface area (Å²) in [6.07, 6.45) is 0. The lowest BCUT2D eigenvalue weighted by atomic mass is 9.64. The number of nitrogens with zero attached hydrogens (tertiary/aromatic N) is 1. The molecule has 0 aliphatic rings. The highest BCUT2D eigenvalue weighted by atomic mass is 15.1. The van der Waals surface area contributed by atoms with E-state index >= 15 is 0 Å². The summed E-state index contributed by atoms with van der Waals surface area (Å²) < 4.78 is 0. The van der Waals surface area contributed by atoms with Crippen molar-refractivity contribution in [3.8, 4) is 44.5 Å². The van der Waals surface area contributed by atoms with Gasteiger partial charge in [0.25, 0.3) is 0 Å². The number of rotatable bonds is 7. The fraction of sp³-hybridized carbons (Fsp3) is 0. The van der Waals surface area contributed by atoms with Gasteiger partial charge in [-0.1, -0.05) is 210 Å². The van der Waals surface area contributed by atoms with Crippen LogP contribution in [0.3, 0.4) is 0 Å². The van der Waals surface area contributed by atoms with Crippen molar-refractivity contribution in [2.45, 2.75) is 0 Å². The maximum atomic E-state index is 2.55. The molecule has 0 saturated carbocycles. The van der Waals surface area contributed by atoms with Crippen LogP contribution in [-0.2, 0) is 0 Å². The highest BCUT2D eigenvalue weighted by molar-refractivity contribution is 6.63. The Bertz CT molecular complexity index is 3520. The predicted octanol–water partition coefficient (Wildman–Crippen LogP) is 9.47. The molecular formula is C58H43B4N. The zero-order valence-electron chi connectivity index (χ0n) is 36.2. The Kier molecular flexibility index (Phi) is 9.62. The van der Waals surface area contributed by atoms with E-state index in [1.54, 1.807) is 0 Å². The smallest absolute Gasteiger partial charge is 0.141 e. The summed E-state index contributed by atoms with van der Waals surface area (Å²) in [6.45, 7) is 0. The van der Waals surface area contributed by atoms with E-state index in [4.69, 9.17) is 0 Å². The van der Waals surface area contributed by atoms with Gasteiger partial charge in [-0.3, -0.25) is 0 Å². The lowest BCUT2D eigenvalue weighted by Gasteiger charge is -2.33. The molecule has 0 aromatic heterocycles. The van der Waals surface area contributed by atoms with Crippen LogP contribution in [0, 0.1) is 0 Å². The quantitative estimate of drug-likeness (QED) is 0.115. The maximum Gasteiger partial charge on any atom is 0.141 e. The molecule has 11 rings (SSSR count). The molecule has 0 bridgehead atoms. The summed E-state index contributed by atoms with van der Waals surface area (Å²) in [5, 5.41) is 10.0. The largest absolute Gasteiger partial charge is 0.311 e. The minimum atomic E-state index is 1.12. The van der Waals surface area contributed by atoms with Crippen LogP contribution in [0.2, 0.25) is 0 Å². The van der Waals surface area contributed by atoms with Crippen LogP contribution in [0.1, 0.15) is 0 Å². The van der Waals surface area contributed by atoms with Crippen molar-refractivity contribution in [1.82, 2.24) is 0 Å². The van der Waals surface area contributed by atoms with Crippen molar-refractivity contribution in [1.29, 1.82) is 0 Å². The molecule has 0 spiro atoms. The molecule has 0 radical (unpaired) electrons. The van der Waals surface area contributed by atoms with Crippen LogP contribution < -0.4 is 26.8 Å². The first-order valence-corrected chi connectivity index (χ1v) is 22.0. The third-order valence-corrected chi connectivity index (χ3v) is 13.5. The Hall–Kier alpha value is -7.48. The highest BCUT2D eigenvalue weighted by Gasteiger charge is 2.25. The van der Waals surface area contributed by atoms with Crippen molar-refractivity contribution in [2.75, 3.05) is 4.90 Å². The van der Waals surface area contributed by atoms with Gasteiger partial charge in [-0.25, -0.2) is 0 Å². The summed E-state index contributed by atoms with van der Waals surface area (Å²) >= 11 is 0. The van der Waals surface area contributed by atoms with Gasteiger partial charge in [0.2, 0.25) is 0 Å². The first-order valence-electron chi connectivity index (χ1n) is 22.0. The number of benzene rings is 11. The fourth-order valence-corrected chi connectivity index (χ4v) is 10.3. The molecule has 11 aromatic rings. The van der Waals surface area contributed by atoms with E-state index in [-0.39, 0.29) is 0 Å². The zero-order chi connectivity index (χ0) is 42.6. The molecule has 0 fully saturated rings. The second-order valence-electron chi connectivity index (χ2n) is 16.9. The molecule has 0 atom stereocenters. The molecule has 5 heteroatoms. The summed E-state index contributed by atoms with van der Waals surface area (Å²) in [7, 11) is 9.26. The van der Waals surface area contributed by atoms with Gasteiger partial charge in [-0.2, -0.15) is 0 Å². The van der Waals surface area contributed by atoms with Crippen molar-refractivity contribution in [3.63, 3.8) is 0 Å². The van der Waals surface area contributed by atoms with E-state index in [0.29, 0.717) is 0 Å². The first-order chi connectivity index (χ1) is 31.0. The molecular weight excluding hydrogens is 754 g/mol. The predicted molar refractivity (Wildman–Crippen MR) is 286 cm³/mol. The van der Waals surface area contributed by atoms with E-state index in [0.717, 1.165) is 5.69 Å². The van der Waals surface area contributed by atoms with Gasteiger partial charge in [0, 0.05) is 16.8 Å². The molecule has 0 amide bonds. The Morgan fingerprint density at radius 3 is 1.29 bits per heavy atom. The molecule has 0 aliphatic carbocycles. The number of hydrogen-bond acceptors (Lipinski definition) is 1. The van der Waals surface area contributed by atoms with Crippen LogP contribution >= 0.6 is 0 Å². The van der Waals surface area contributed by atoms with E-state index in [1.165, 1.54) is 121 Å². The van der Waals surface area contributed by atoms with Crippen LogP contribution in [0.4, 0.5) is 17.1 Å². The Balaban J connectivity index is 1.16. The molecule has 11 aromatic carbocycles. The normalized spacial score (nSPS) is 11.4. The van der Waals surface area contributed by atoms with E-state index < -0.39 is 0 Å². The third kappa shape index (κ3) is 6.46. The minimum absolute atomic E-state index is 1.12. The Labute approximate surface area is 373 Å². The maximum absolute atomic E-state index is 2.55. The van der Waals surface area contributed by atoms with Crippen LogP contribution in [0.25, 0.3) is 87.6 Å². The molecule has 0 N–H and O–H groups in total.